The molecule has 0 saturated carbocycles. The number of amides is 1. The Kier molecular flexibility index (Phi) is 5.21. The summed E-state index contributed by atoms with van der Waals surface area (Å²) in [5.41, 5.74) is 1.95. The van der Waals surface area contributed by atoms with Crippen LogP contribution in [-0.2, 0) is 17.8 Å². The first-order valence-corrected chi connectivity index (χ1v) is 9.57. The number of benzene rings is 2. The molecule has 0 spiro atoms. The monoisotopic (exact) mass is 370 g/mol. The van der Waals surface area contributed by atoms with Gasteiger partial charge in [0.2, 0.25) is 5.91 Å². The van der Waals surface area contributed by atoms with Crippen LogP contribution in [0.5, 0.6) is 0 Å². The quantitative estimate of drug-likeness (QED) is 0.821. The number of halogens is 2. The molecule has 142 valence electrons. The molecule has 3 fully saturated rings. The maximum Gasteiger partial charge on any atom is 0.227 e. The largest absolute Gasteiger partial charge is 0.338 e. The molecule has 3 nitrogen and oxygen atoms in total. The highest BCUT2D eigenvalue weighted by Crippen LogP contribution is 2.29. The van der Waals surface area contributed by atoms with Gasteiger partial charge in [0.05, 0.1) is 6.42 Å². The molecule has 0 N–H and O–H groups in total. The van der Waals surface area contributed by atoms with Crippen molar-refractivity contribution in [3.05, 3.63) is 71.3 Å². The molecular weight excluding hydrogens is 346 g/mol. The van der Waals surface area contributed by atoms with Crippen molar-refractivity contribution in [3.63, 3.8) is 0 Å². The Morgan fingerprint density at radius 1 is 0.852 bits per heavy atom. The molecule has 27 heavy (non-hydrogen) atoms. The van der Waals surface area contributed by atoms with E-state index in [2.05, 4.69) is 4.90 Å². The number of fused-ring (bicyclic) bond motifs is 4. The van der Waals surface area contributed by atoms with Gasteiger partial charge in [-0.25, -0.2) is 8.78 Å². The van der Waals surface area contributed by atoms with Crippen LogP contribution in [0.4, 0.5) is 8.78 Å². The zero-order valence-corrected chi connectivity index (χ0v) is 15.3. The van der Waals surface area contributed by atoms with E-state index in [1.807, 2.05) is 17.0 Å². The zero-order valence-electron chi connectivity index (χ0n) is 15.3. The van der Waals surface area contributed by atoms with Gasteiger partial charge in [0.1, 0.15) is 11.6 Å². The van der Waals surface area contributed by atoms with E-state index in [4.69, 9.17) is 0 Å². The third kappa shape index (κ3) is 4.35. The van der Waals surface area contributed by atoms with Gasteiger partial charge in [-0.1, -0.05) is 24.3 Å². The third-order valence-electron chi connectivity index (χ3n) is 5.70. The normalized spacial score (nSPS) is 22.7. The molecule has 3 aliphatic heterocycles. The van der Waals surface area contributed by atoms with Gasteiger partial charge in [-0.15, -0.1) is 0 Å². The number of carbonyl (C=O) groups is 1. The van der Waals surface area contributed by atoms with Crippen molar-refractivity contribution in [3.8, 4) is 0 Å². The summed E-state index contributed by atoms with van der Waals surface area (Å²) in [6, 6.07) is 13.1. The summed E-state index contributed by atoms with van der Waals surface area (Å²) in [5.74, 6) is 0.102. The van der Waals surface area contributed by atoms with E-state index < -0.39 is 0 Å². The van der Waals surface area contributed by atoms with E-state index in [0.717, 1.165) is 50.1 Å². The molecule has 2 aromatic rings. The fraction of sp³-hybridized carbons (Fsp3) is 0.409. The highest BCUT2D eigenvalue weighted by atomic mass is 19.1. The van der Waals surface area contributed by atoms with Gasteiger partial charge in [-0.3, -0.25) is 9.69 Å². The van der Waals surface area contributed by atoms with Crippen LogP contribution in [0.3, 0.4) is 0 Å². The van der Waals surface area contributed by atoms with E-state index in [1.54, 1.807) is 12.1 Å². The fourth-order valence-corrected chi connectivity index (χ4v) is 4.34. The van der Waals surface area contributed by atoms with Gasteiger partial charge < -0.3 is 4.90 Å². The molecule has 0 unspecified atom stereocenters. The molecule has 5 heteroatoms. The molecule has 5 rings (SSSR count). The van der Waals surface area contributed by atoms with Gasteiger partial charge in [0.15, 0.2) is 0 Å². The molecule has 2 atom stereocenters. The van der Waals surface area contributed by atoms with Gasteiger partial charge in [0, 0.05) is 32.2 Å². The summed E-state index contributed by atoms with van der Waals surface area (Å²) >= 11 is 0. The summed E-state index contributed by atoms with van der Waals surface area (Å²) in [4.78, 5) is 17.3. The second kappa shape index (κ2) is 7.77. The summed E-state index contributed by atoms with van der Waals surface area (Å²) < 4.78 is 26.2. The van der Waals surface area contributed by atoms with Crippen LogP contribution >= 0.6 is 0 Å². The lowest BCUT2D eigenvalue weighted by atomic mass is 9.94. The highest BCUT2D eigenvalue weighted by Gasteiger charge is 2.36. The van der Waals surface area contributed by atoms with Crippen molar-refractivity contribution in [2.45, 2.75) is 31.8 Å². The van der Waals surface area contributed by atoms with Crippen LogP contribution in [0.15, 0.2) is 48.5 Å². The first-order chi connectivity index (χ1) is 13.1. The number of hydrogen-bond acceptors (Lipinski definition) is 2. The Hall–Kier alpha value is -2.27. The van der Waals surface area contributed by atoms with Gasteiger partial charge in [-0.2, -0.15) is 0 Å². The van der Waals surface area contributed by atoms with E-state index in [9.17, 15) is 13.6 Å². The molecule has 0 aliphatic carbocycles. The SMILES string of the molecule is O=C(Cc1ccc(F)cc1)N1C[C@H]2CC[C@@H]1CN(Cc1ccc(F)cc1)C2. The lowest BCUT2D eigenvalue weighted by molar-refractivity contribution is -0.134. The minimum Gasteiger partial charge on any atom is -0.338 e. The molecule has 3 aliphatic rings. The van der Waals surface area contributed by atoms with Gasteiger partial charge >= 0.3 is 0 Å². The first-order valence-electron chi connectivity index (χ1n) is 9.57. The van der Waals surface area contributed by atoms with Crippen molar-refractivity contribution in [2.24, 2.45) is 5.92 Å². The van der Waals surface area contributed by atoms with Crippen molar-refractivity contribution in [2.75, 3.05) is 19.6 Å². The molecule has 2 aromatic carbocycles. The minimum atomic E-state index is -0.281. The number of hydrogen-bond donors (Lipinski definition) is 0. The predicted molar refractivity (Wildman–Crippen MR) is 100 cm³/mol. The number of piperidine rings is 1. The molecule has 1 amide bonds. The Bertz CT molecular complexity index is 791. The van der Waals surface area contributed by atoms with E-state index in [0.29, 0.717) is 12.3 Å². The standard InChI is InChI=1S/C22H24F2N2O/c23-19-6-1-16(2-7-19)11-22(27)26-14-18-5-10-21(26)15-25(13-18)12-17-3-8-20(24)9-4-17/h1-4,6-9,18,21H,5,10-15H2/t18-,21+/m0/s1. The van der Waals surface area contributed by atoms with Crippen molar-refractivity contribution < 1.29 is 13.6 Å². The first kappa shape index (κ1) is 18.1. The van der Waals surface area contributed by atoms with Crippen molar-refractivity contribution in [1.29, 1.82) is 0 Å². The average Bonchev–Trinajstić information content (AvgIpc) is 2.96. The number of rotatable bonds is 4. The van der Waals surface area contributed by atoms with E-state index in [-0.39, 0.29) is 23.6 Å². The summed E-state index contributed by atoms with van der Waals surface area (Å²) in [6.45, 7) is 3.40. The Morgan fingerprint density at radius 3 is 2.15 bits per heavy atom. The Balaban J connectivity index is 1.42. The number of nitrogens with zero attached hydrogens (tertiary/aromatic N) is 2. The second-order valence-electron chi connectivity index (χ2n) is 7.77. The fourth-order valence-electron chi connectivity index (χ4n) is 4.34. The molecular formula is C22H24F2N2O. The Morgan fingerprint density at radius 2 is 1.48 bits per heavy atom. The zero-order chi connectivity index (χ0) is 18.8. The topological polar surface area (TPSA) is 23.6 Å². The maximum atomic E-state index is 13.1. The molecule has 3 saturated heterocycles. The molecule has 3 heterocycles. The molecule has 0 aromatic heterocycles. The summed E-state index contributed by atoms with van der Waals surface area (Å²) in [6.07, 6.45) is 2.49. The van der Waals surface area contributed by atoms with Crippen LogP contribution in [0.2, 0.25) is 0 Å². The maximum absolute atomic E-state index is 13.1. The van der Waals surface area contributed by atoms with Crippen LogP contribution in [0, 0.1) is 17.6 Å². The van der Waals surface area contributed by atoms with Gasteiger partial charge in [0.25, 0.3) is 0 Å². The van der Waals surface area contributed by atoms with Crippen molar-refractivity contribution in [1.82, 2.24) is 9.80 Å². The third-order valence-corrected chi connectivity index (χ3v) is 5.70. The second-order valence-corrected chi connectivity index (χ2v) is 7.77. The van der Waals surface area contributed by atoms with Crippen LogP contribution in [0.25, 0.3) is 0 Å². The molecule has 2 bridgehead atoms. The summed E-state index contributed by atoms with van der Waals surface area (Å²) in [5, 5.41) is 0. The lowest BCUT2D eigenvalue weighted by Gasteiger charge is -2.36. The van der Waals surface area contributed by atoms with Crippen LogP contribution < -0.4 is 0 Å². The van der Waals surface area contributed by atoms with Crippen LogP contribution in [-0.4, -0.2) is 41.4 Å². The minimum absolute atomic E-state index is 0.125. The highest BCUT2D eigenvalue weighted by molar-refractivity contribution is 5.79. The van der Waals surface area contributed by atoms with Crippen LogP contribution in [0.1, 0.15) is 24.0 Å². The van der Waals surface area contributed by atoms with E-state index >= 15 is 0 Å². The van der Waals surface area contributed by atoms with E-state index in [1.165, 1.54) is 24.3 Å². The number of carbonyl (C=O) groups excluding carboxylic acids is 1. The Labute approximate surface area is 158 Å². The lowest BCUT2D eigenvalue weighted by Crippen LogP contribution is -2.48. The molecule has 0 radical (unpaired) electrons. The predicted octanol–water partition coefficient (Wildman–Crippen LogP) is 3.63. The average molecular weight is 370 g/mol. The smallest absolute Gasteiger partial charge is 0.227 e. The summed E-state index contributed by atoms with van der Waals surface area (Å²) in [7, 11) is 0. The van der Waals surface area contributed by atoms with Gasteiger partial charge in [-0.05, 0) is 54.2 Å². The van der Waals surface area contributed by atoms with Crippen molar-refractivity contribution >= 4 is 5.91 Å².